The number of hydrogen-bond acceptors (Lipinski definition) is 2. The molecule has 0 aliphatic carbocycles. The second-order valence-electron chi connectivity index (χ2n) is 3.66. The summed E-state index contributed by atoms with van der Waals surface area (Å²) in [5, 5.41) is 12.2. The number of carbonyl (C=O) groups excluding carboxylic acids is 1. The molecule has 1 fully saturated rings. The Hall–Kier alpha value is -1.35. The highest BCUT2D eigenvalue weighted by Crippen LogP contribution is 2.32. The molecule has 0 saturated carbocycles. The van der Waals surface area contributed by atoms with Crippen LogP contribution in [0.3, 0.4) is 0 Å². The van der Waals surface area contributed by atoms with E-state index >= 15 is 0 Å². The topological polar surface area (TPSA) is 49.3 Å². The van der Waals surface area contributed by atoms with Crippen molar-refractivity contribution in [1.82, 2.24) is 5.32 Å². The minimum absolute atomic E-state index is 0.0244. The smallest absolute Gasteiger partial charge is 0.228 e. The first-order valence-corrected chi connectivity index (χ1v) is 4.73. The molecule has 0 bridgehead atoms. The van der Waals surface area contributed by atoms with Crippen molar-refractivity contribution in [2.75, 3.05) is 0 Å². The molecule has 0 radical (unpaired) electrons. The van der Waals surface area contributed by atoms with E-state index in [4.69, 9.17) is 0 Å². The lowest BCUT2D eigenvalue weighted by atomic mass is 9.82. The zero-order valence-electron chi connectivity index (χ0n) is 7.97. The largest absolute Gasteiger partial charge is 0.392 e. The maximum atomic E-state index is 11.2. The van der Waals surface area contributed by atoms with Gasteiger partial charge in [-0.25, -0.2) is 0 Å². The number of β-lactam (4-membered cyclic amide) rings is 1. The van der Waals surface area contributed by atoms with Crippen LogP contribution in [0, 0.1) is 5.92 Å². The van der Waals surface area contributed by atoms with Gasteiger partial charge in [0.05, 0.1) is 18.1 Å². The third kappa shape index (κ3) is 1.40. The van der Waals surface area contributed by atoms with Gasteiger partial charge in [0.2, 0.25) is 5.91 Å². The Kier molecular flexibility index (Phi) is 2.25. The van der Waals surface area contributed by atoms with Crippen LogP contribution in [0.1, 0.15) is 18.5 Å². The average Bonchev–Trinajstić information content (AvgIpc) is 2.14. The highest BCUT2D eigenvalue weighted by Gasteiger charge is 2.42. The van der Waals surface area contributed by atoms with E-state index < -0.39 is 6.10 Å². The lowest BCUT2D eigenvalue weighted by Crippen LogP contribution is -2.55. The molecule has 1 aromatic rings. The fourth-order valence-electron chi connectivity index (χ4n) is 1.84. The molecule has 3 heteroatoms. The van der Waals surface area contributed by atoms with Crippen molar-refractivity contribution in [3.8, 4) is 0 Å². The first-order chi connectivity index (χ1) is 6.70. The zero-order chi connectivity index (χ0) is 10.1. The van der Waals surface area contributed by atoms with Crippen LogP contribution in [0.4, 0.5) is 0 Å². The van der Waals surface area contributed by atoms with Gasteiger partial charge in [0.15, 0.2) is 0 Å². The van der Waals surface area contributed by atoms with Crippen molar-refractivity contribution in [3.05, 3.63) is 35.9 Å². The van der Waals surface area contributed by atoms with Crippen LogP contribution in [-0.4, -0.2) is 17.1 Å². The fourth-order valence-corrected chi connectivity index (χ4v) is 1.84. The third-order valence-corrected chi connectivity index (χ3v) is 2.64. The van der Waals surface area contributed by atoms with Crippen LogP contribution < -0.4 is 5.32 Å². The molecular weight excluding hydrogens is 178 g/mol. The van der Waals surface area contributed by atoms with E-state index in [1.807, 2.05) is 30.3 Å². The molecule has 3 nitrogen and oxygen atoms in total. The monoisotopic (exact) mass is 191 g/mol. The summed E-state index contributed by atoms with van der Waals surface area (Å²) in [4.78, 5) is 11.2. The third-order valence-electron chi connectivity index (χ3n) is 2.64. The predicted molar refractivity (Wildman–Crippen MR) is 52.5 cm³/mol. The van der Waals surface area contributed by atoms with Crippen molar-refractivity contribution in [3.63, 3.8) is 0 Å². The number of benzene rings is 1. The number of nitrogens with one attached hydrogen (secondary N) is 1. The van der Waals surface area contributed by atoms with E-state index in [1.54, 1.807) is 6.92 Å². The van der Waals surface area contributed by atoms with Crippen LogP contribution in [0.5, 0.6) is 0 Å². The fraction of sp³-hybridized carbons (Fsp3) is 0.364. The summed E-state index contributed by atoms with van der Waals surface area (Å²) >= 11 is 0. The van der Waals surface area contributed by atoms with Gasteiger partial charge in [-0.15, -0.1) is 0 Å². The van der Waals surface area contributed by atoms with E-state index in [9.17, 15) is 9.90 Å². The van der Waals surface area contributed by atoms with E-state index in [2.05, 4.69) is 5.32 Å². The van der Waals surface area contributed by atoms with Gasteiger partial charge in [0, 0.05) is 0 Å². The second kappa shape index (κ2) is 3.42. The standard InChI is InChI=1S/C11H13NO2/c1-7(13)9-10(12-11(9)14)8-5-3-2-4-6-8/h2-7,9-10,13H,1H3,(H,12,14)/t7-,9+,10-/m1/s1. The summed E-state index contributed by atoms with van der Waals surface area (Å²) in [5.41, 5.74) is 1.05. The van der Waals surface area contributed by atoms with Gasteiger partial charge in [0.25, 0.3) is 0 Å². The number of rotatable bonds is 2. The molecule has 1 saturated heterocycles. The molecule has 2 N–H and O–H groups in total. The molecule has 1 heterocycles. The van der Waals surface area contributed by atoms with Gasteiger partial charge < -0.3 is 10.4 Å². The molecule has 0 unspecified atom stereocenters. The molecule has 14 heavy (non-hydrogen) atoms. The Labute approximate surface area is 82.8 Å². The highest BCUT2D eigenvalue weighted by atomic mass is 16.3. The van der Waals surface area contributed by atoms with Crippen LogP contribution in [0.25, 0.3) is 0 Å². The zero-order valence-corrected chi connectivity index (χ0v) is 7.97. The van der Waals surface area contributed by atoms with Crippen molar-refractivity contribution < 1.29 is 9.90 Å². The Bertz CT molecular complexity index is 334. The SMILES string of the molecule is C[C@@H](O)[C@@H]1C(=O)N[C@@H]1c1ccccc1. The van der Waals surface area contributed by atoms with E-state index in [0.717, 1.165) is 5.56 Å². The van der Waals surface area contributed by atoms with Crippen molar-refractivity contribution in [2.24, 2.45) is 5.92 Å². The number of aliphatic hydroxyl groups excluding tert-OH is 1. The van der Waals surface area contributed by atoms with Crippen LogP contribution in [0.15, 0.2) is 30.3 Å². The molecular formula is C11H13NO2. The first-order valence-electron chi connectivity index (χ1n) is 4.73. The van der Waals surface area contributed by atoms with Gasteiger partial charge in [-0.05, 0) is 12.5 Å². The number of carbonyl (C=O) groups is 1. The van der Waals surface area contributed by atoms with Gasteiger partial charge in [0.1, 0.15) is 0 Å². The number of aliphatic hydroxyl groups is 1. The quantitative estimate of drug-likeness (QED) is 0.681. The Morgan fingerprint density at radius 2 is 2.00 bits per heavy atom. The Balaban J connectivity index is 2.18. The minimum atomic E-state index is -0.589. The molecule has 3 atom stereocenters. The lowest BCUT2D eigenvalue weighted by Gasteiger charge is -2.38. The normalized spacial score (nSPS) is 27.7. The van der Waals surface area contributed by atoms with Crippen molar-refractivity contribution >= 4 is 5.91 Å². The molecule has 1 aromatic carbocycles. The molecule has 1 amide bonds. The molecule has 74 valence electrons. The van der Waals surface area contributed by atoms with E-state index in [1.165, 1.54) is 0 Å². The predicted octanol–water partition coefficient (Wildman–Crippen LogP) is 0.854. The van der Waals surface area contributed by atoms with Crippen molar-refractivity contribution in [1.29, 1.82) is 0 Å². The number of amides is 1. The van der Waals surface area contributed by atoms with Gasteiger partial charge >= 0.3 is 0 Å². The Morgan fingerprint density at radius 3 is 2.50 bits per heavy atom. The maximum absolute atomic E-state index is 11.2. The van der Waals surface area contributed by atoms with Crippen LogP contribution >= 0.6 is 0 Å². The molecule has 2 rings (SSSR count). The van der Waals surface area contributed by atoms with Gasteiger partial charge in [-0.2, -0.15) is 0 Å². The van der Waals surface area contributed by atoms with E-state index in [-0.39, 0.29) is 17.9 Å². The van der Waals surface area contributed by atoms with E-state index in [0.29, 0.717) is 0 Å². The summed E-state index contributed by atoms with van der Waals surface area (Å²) < 4.78 is 0. The molecule has 0 aromatic heterocycles. The lowest BCUT2D eigenvalue weighted by molar-refractivity contribution is -0.140. The van der Waals surface area contributed by atoms with Crippen molar-refractivity contribution in [2.45, 2.75) is 19.1 Å². The molecule has 0 spiro atoms. The first kappa shape index (κ1) is 9.21. The summed E-state index contributed by atoms with van der Waals surface area (Å²) in [7, 11) is 0. The maximum Gasteiger partial charge on any atom is 0.228 e. The number of hydrogen-bond donors (Lipinski definition) is 2. The Morgan fingerprint density at radius 1 is 1.36 bits per heavy atom. The summed E-state index contributed by atoms with van der Waals surface area (Å²) in [6.07, 6.45) is -0.589. The summed E-state index contributed by atoms with van der Waals surface area (Å²) in [6.45, 7) is 1.65. The van der Waals surface area contributed by atoms with Crippen LogP contribution in [0.2, 0.25) is 0 Å². The second-order valence-corrected chi connectivity index (χ2v) is 3.66. The highest BCUT2D eigenvalue weighted by molar-refractivity contribution is 5.86. The molecule has 1 aliphatic heterocycles. The average molecular weight is 191 g/mol. The van der Waals surface area contributed by atoms with Gasteiger partial charge in [-0.1, -0.05) is 30.3 Å². The summed E-state index contributed by atoms with van der Waals surface area (Å²) in [5.74, 6) is -0.355. The van der Waals surface area contributed by atoms with Gasteiger partial charge in [-0.3, -0.25) is 4.79 Å². The van der Waals surface area contributed by atoms with Crippen LogP contribution in [-0.2, 0) is 4.79 Å². The minimum Gasteiger partial charge on any atom is -0.392 e. The molecule has 1 aliphatic rings. The summed E-state index contributed by atoms with van der Waals surface area (Å²) in [6, 6.07) is 9.68.